The minimum absolute atomic E-state index is 0.527. The van der Waals surface area contributed by atoms with Gasteiger partial charge in [-0.2, -0.15) is 0 Å². The van der Waals surface area contributed by atoms with Gasteiger partial charge in [0.25, 0.3) is 0 Å². The molecule has 4 nitrogen and oxygen atoms in total. The van der Waals surface area contributed by atoms with Gasteiger partial charge in [-0.15, -0.1) is 0 Å². The average Bonchev–Trinajstić information content (AvgIpc) is 2.97. The standard InChI is InChI=1S/C19H22N4/c1-13-6-5-7-14(10-13)16-11-23(15-8-3-2-4-9-15)19-17(16)18(20)21-12-22-19/h5-7,10-12,15H,2-4,8-9H2,1H3,(H2,20,21,22). The maximum atomic E-state index is 6.21. The summed E-state index contributed by atoms with van der Waals surface area (Å²) in [5.41, 5.74) is 10.8. The second-order valence-corrected chi connectivity index (χ2v) is 6.57. The van der Waals surface area contributed by atoms with E-state index in [1.54, 1.807) is 6.33 Å². The van der Waals surface area contributed by atoms with Gasteiger partial charge in [-0.25, -0.2) is 9.97 Å². The van der Waals surface area contributed by atoms with E-state index in [1.807, 2.05) is 0 Å². The van der Waals surface area contributed by atoms with Crippen molar-refractivity contribution in [1.82, 2.24) is 14.5 Å². The number of hydrogen-bond donors (Lipinski definition) is 1. The third-order valence-corrected chi connectivity index (χ3v) is 4.94. The Kier molecular flexibility index (Phi) is 3.52. The molecule has 1 aromatic carbocycles. The molecule has 0 unspecified atom stereocenters. The van der Waals surface area contributed by atoms with Gasteiger partial charge in [-0.3, -0.25) is 0 Å². The van der Waals surface area contributed by atoms with E-state index in [2.05, 4.69) is 51.9 Å². The van der Waals surface area contributed by atoms with E-state index >= 15 is 0 Å². The summed E-state index contributed by atoms with van der Waals surface area (Å²) in [6.07, 6.45) is 10.2. The number of nitrogens with zero attached hydrogens (tertiary/aromatic N) is 3. The number of fused-ring (bicyclic) bond motifs is 1. The van der Waals surface area contributed by atoms with Crippen LogP contribution in [-0.4, -0.2) is 14.5 Å². The normalized spacial score (nSPS) is 16.0. The molecule has 0 amide bonds. The lowest BCUT2D eigenvalue weighted by molar-refractivity contribution is 0.360. The highest BCUT2D eigenvalue weighted by Gasteiger charge is 2.21. The molecular formula is C19H22N4. The van der Waals surface area contributed by atoms with Gasteiger partial charge in [-0.05, 0) is 25.3 Å². The Morgan fingerprint density at radius 2 is 1.96 bits per heavy atom. The second kappa shape index (κ2) is 5.69. The zero-order chi connectivity index (χ0) is 15.8. The van der Waals surface area contributed by atoms with Crippen molar-refractivity contribution in [2.45, 2.75) is 45.1 Å². The first-order valence-electron chi connectivity index (χ1n) is 8.42. The fourth-order valence-corrected chi connectivity index (χ4v) is 3.78. The Hall–Kier alpha value is -2.36. The highest BCUT2D eigenvalue weighted by Crippen LogP contribution is 2.37. The minimum atomic E-state index is 0.527. The number of hydrogen-bond acceptors (Lipinski definition) is 3. The molecule has 4 heteroatoms. The topological polar surface area (TPSA) is 56.7 Å². The van der Waals surface area contributed by atoms with Gasteiger partial charge < -0.3 is 10.3 Å². The first-order valence-corrected chi connectivity index (χ1v) is 8.42. The maximum Gasteiger partial charge on any atom is 0.146 e. The third-order valence-electron chi connectivity index (χ3n) is 4.94. The summed E-state index contributed by atoms with van der Waals surface area (Å²) in [6, 6.07) is 9.07. The van der Waals surface area contributed by atoms with Gasteiger partial charge >= 0.3 is 0 Å². The Morgan fingerprint density at radius 1 is 1.13 bits per heavy atom. The van der Waals surface area contributed by atoms with E-state index in [1.165, 1.54) is 43.2 Å². The summed E-state index contributed by atoms with van der Waals surface area (Å²) in [5, 5.41) is 0.990. The van der Waals surface area contributed by atoms with Crippen LogP contribution in [0.5, 0.6) is 0 Å². The predicted octanol–water partition coefficient (Wildman–Crippen LogP) is 4.49. The van der Waals surface area contributed by atoms with E-state index < -0.39 is 0 Å². The molecule has 1 aliphatic carbocycles. The van der Waals surface area contributed by atoms with Gasteiger partial charge in [0, 0.05) is 17.8 Å². The monoisotopic (exact) mass is 306 g/mol. The Bertz CT molecular complexity index is 844. The van der Waals surface area contributed by atoms with Crippen LogP contribution in [0.4, 0.5) is 5.82 Å². The smallest absolute Gasteiger partial charge is 0.146 e. The summed E-state index contributed by atoms with van der Waals surface area (Å²) in [7, 11) is 0. The molecule has 2 N–H and O–H groups in total. The molecule has 3 aromatic rings. The fraction of sp³-hybridized carbons (Fsp3) is 0.368. The number of rotatable bonds is 2. The van der Waals surface area contributed by atoms with Gasteiger partial charge in [0.2, 0.25) is 0 Å². The van der Waals surface area contributed by atoms with Crippen LogP contribution in [0, 0.1) is 6.92 Å². The van der Waals surface area contributed by atoms with Crippen molar-refractivity contribution in [1.29, 1.82) is 0 Å². The fourth-order valence-electron chi connectivity index (χ4n) is 3.78. The highest BCUT2D eigenvalue weighted by molar-refractivity contribution is 6.00. The molecule has 0 aliphatic heterocycles. The van der Waals surface area contributed by atoms with Crippen LogP contribution in [0.2, 0.25) is 0 Å². The van der Waals surface area contributed by atoms with E-state index in [0.717, 1.165) is 16.6 Å². The van der Waals surface area contributed by atoms with Crippen LogP contribution in [-0.2, 0) is 0 Å². The van der Waals surface area contributed by atoms with Crippen molar-refractivity contribution in [2.24, 2.45) is 0 Å². The predicted molar refractivity (Wildman–Crippen MR) is 94.2 cm³/mol. The summed E-state index contributed by atoms with van der Waals surface area (Å²) in [4.78, 5) is 8.79. The van der Waals surface area contributed by atoms with E-state index in [9.17, 15) is 0 Å². The number of anilines is 1. The lowest BCUT2D eigenvalue weighted by Gasteiger charge is -2.23. The number of benzene rings is 1. The first kappa shape index (κ1) is 14.2. The molecule has 1 fully saturated rings. The van der Waals surface area contributed by atoms with Gasteiger partial charge in [0.1, 0.15) is 17.8 Å². The Balaban J connectivity index is 1.94. The van der Waals surface area contributed by atoms with Crippen molar-refractivity contribution >= 4 is 16.9 Å². The molecule has 2 heterocycles. The van der Waals surface area contributed by atoms with Crippen molar-refractivity contribution in [3.8, 4) is 11.1 Å². The van der Waals surface area contributed by atoms with Gasteiger partial charge in [-0.1, -0.05) is 49.1 Å². The molecular weight excluding hydrogens is 284 g/mol. The Labute approximate surface area is 136 Å². The largest absolute Gasteiger partial charge is 0.383 e. The van der Waals surface area contributed by atoms with Crippen LogP contribution < -0.4 is 5.73 Å². The van der Waals surface area contributed by atoms with E-state index in [4.69, 9.17) is 5.73 Å². The minimum Gasteiger partial charge on any atom is -0.383 e. The molecule has 118 valence electrons. The molecule has 0 atom stereocenters. The lowest BCUT2D eigenvalue weighted by Crippen LogP contribution is -2.12. The van der Waals surface area contributed by atoms with Crippen LogP contribution in [0.15, 0.2) is 36.8 Å². The molecule has 0 bridgehead atoms. The maximum absolute atomic E-state index is 6.21. The van der Waals surface area contributed by atoms with Crippen molar-refractivity contribution in [3.63, 3.8) is 0 Å². The SMILES string of the molecule is Cc1cccc(-c2cn(C3CCCCC3)c3ncnc(N)c23)c1. The number of aromatic nitrogens is 3. The average molecular weight is 306 g/mol. The van der Waals surface area contributed by atoms with Crippen molar-refractivity contribution in [3.05, 3.63) is 42.4 Å². The van der Waals surface area contributed by atoms with Gasteiger partial charge in [0.05, 0.1) is 5.39 Å². The summed E-state index contributed by atoms with van der Waals surface area (Å²) < 4.78 is 2.34. The van der Waals surface area contributed by atoms with Crippen LogP contribution in [0.3, 0.4) is 0 Å². The van der Waals surface area contributed by atoms with Crippen LogP contribution in [0.1, 0.15) is 43.7 Å². The summed E-state index contributed by atoms with van der Waals surface area (Å²) >= 11 is 0. The number of nitrogen functional groups attached to an aromatic ring is 1. The van der Waals surface area contributed by atoms with Crippen molar-refractivity contribution in [2.75, 3.05) is 5.73 Å². The van der Waals surface area contributed by atoms with Crippen LogP contribution >= 0.6 is 0 Å². The van der Waals surface area contributed by atoms with Crippen LogP contribution in [0.25, 0.3) is 22.2 Å². The zero-order valence-corrected chi connectivity index (χ0v) is 13.5. The molecule has 1 aliphatic rings. The quantitative estimate of drug-likeness (QED) is 0.758. The first-order chi connectivity index (χ1) is 11.2. The summed E-state index contributed by atoms with van der Waals surface area (Å²) in [5.74, 6) is 0.570. The summed E-state index contributed by atoms with van der Waals surface area (Å²) in [6.45, 7) is 2.11. The van der Waals surface area contributed by atoms with Crippen molar-refractivity contribution < 1.29 is 0 Å². The molecule has 0 radical (unpaired) electrons. The molecule has 23 heavy (non-hydrogen) atoms. The highest BCUT2D eigenvalue weighted by atomic mass is 15.1. The lowest BCUT2D eigenvalue weighted by atomic mass is 9.95. The molecule has 1 saturated carbocycles. The van der Waals surface area contributed by atoms with E-state index in [0.29, 0.717) is 11.9 Å². The molecule has 0 saturated heterocycles. The molecule has 2 aromatic heterocycles. The molecule has 4 rings (SSSR count). The third kappa shape index (κ3) is 2.48. The second-order valence-electron chi connectivity index (χ2n) is 6.57. The number of aryl methyl sites for hydroxylation is 1. The van der Waals surface area contributed by atoms with E-state index in [-0.39, 0.29) is 0 Å². The molecule has 0 spiro atoms. The van der Waals surface area contributed by atoms with Gasteiger partial charge in [0.15, 0.2) is 0 Å². The Morgan fingerprint density at radius 3 is 2.74 bits per heavy atom. The number of nitrogens with two attached hydrogens (primary N) is 1. The zero-order valence-electron chi connectivity index (χ0n) is 13.5.